The number of benzene rings is 2. The SMILES string of the molecule is Cc1ccc(-c2nn(Cc3ccc(Cl)cc3)c(=O)c3ccccc23)c(F)n1. The Morgan fingerprint density at radius 1 is 1.00 bits per heavy atom. The molecule has 0 radical (unpaired) electrons. The molecule has 0 amide bonds. The molecule has 0 aliphatic carbocycles. The van der Waals surface area contributed by atoms with Crippen molar-refractivity contribution in [3.63, 3.8) is 0 Å². The molecule has 2 aromatic heterocycles. The molecule has 2 heterocycles. The predicted molar refractivity (Wildman–Crippen MR) is 104 cm³/mol. The van der Waals surface area contributed by atoms with E-state index in [-0.39, 0.29) is 17.7 Å². The lowest BCUT2D eigenvalue weighted by Crippen LogP contribution is -2.24. The average Bonchev–Trinajstić information content (AvgIpc) is 2.66. The van der Waals surface area contributed by atoms with Gasteiger partial charge in [-0.3, -0.25) is 4.79 Å². The summed E-state index contributed by atoms with van der Waals surface area (Å²) in [6.07, 6.45) is 0. The van der Waals surface area contributed by atoms with Crippen molar-refractivity contribution in [1.82, 2.24) is 14.8 Å². The van der Waals surface area contributed by atoms with Crippen molar-refractivity contribution in [2.45, 2.75) is 13.5 Å². The maximum Gasteiger partial charge on any atom is 0.274 e. The maximum atomic E-state index is 14.5. The first kappa shape index (κ1) is 17.4. The zero-order valence-electron chi connectivity index (χ0n) is 14.5. The van der Waals surface area contributed by atoms with Gasteiger partial charge in [0.2, 0.25) is 5.95 Å². The van der Waals surface area contributed by atoms with Crippen LogP contribution in [0.4, 0.5) is 4.39 Å². The number of aromatic nitrogens is 3. The summed E-state index contributed by atoms with van der Waals surface area (Å²) in [5.74, 6) is -0.607. The average molecular weight is 380 g/mol. The van der Waals surface area contributed by atoms with Crippen molar-refractivity contribution in [1.29, 1.82) is 0 Å². The van der Waals surface area contributed by atoms with E-state index in [1.54, 1.807) is 55.5 Å². The lowest BCUT2D eigenvalue weighted by Gasteiger charge is -2.12. The van der Waals surface area contributed by atoms with E-state index in [9.17, 15) is 9.18 Å². The topological polar surface area (TPSA) is 47.8 Å². The van der Waals surface area contributed by atoms with E-state index in [1.165, 1.54) is 4.68 Å². The zero-order chi connectivity index (χ0) is 19.0. The van der Waals surface area contributed by atoms with Crippen molar-refractivity contribution in [2.24, 2.45) is 0 Å². The normalized spacial score (nSPS) is 11.1. The van der Waals surface area contributed by atoms with E-state index in [0.717, 1.165) is 5.56 Å². The first-order valence-corrected chi connectivity index (χ1v) is 8.78. The molecule has 0 spiro atoms. The van der Waals surface area contributed by atoms with Gasteiger partial charge in [0, 0.05) is 16.1 Å². The van der Waals surface area contributed by atoms with Crippen LogP contribution in [0, 0.1) is 12.9 Å². The molecule has 4 rings (SSSR count). The summed E-state index contributed by atoms with van der Waals surface area (Å²) in [7, 11) is 0. The van der Waals surface area contributed by atoms with Crippen molar-refractivity contribution in [2.75, 3.05) is 0 Å². The second kappa shape index (κ2) is 6.93. The smallest absolute Gasteiger partial charge is 0.267 e. The van der Waals surface area contributed by atoms with Crippen molar-refractivity contribution in [3.8, 4) is 11.3 Å². The molecular weight excluding hydrogens is 365 g/mol. The summed E-state index contributed by atoms with van der Waals surface area (Å²) in [6, 6.07) is 17.6. The summed E-state index contributed by atoms with van der Waals surface area (Å²) in [6.45, 7) is 1.98. The van der Waals surface area contributed by atoms with Gasteiger partial charge in [0.25, 0.3) is 5.56 Å². The van der Waals surface area contributed by atoms with Crippen LogP contribution < -0.4 is 5.56 Å². The molecule has 134 valence electrons. The number of aryl methyl sites for hydroxylation is 1. The third kappa shape index (κ3) is 3.34. The first-order valence-electron chi connectivity index (χ1n) is 8.41. The number of pyridine rings is 1. The van der Waals surface area contributed by atoms with Crippen LogP contribution in [0.15, 0.2) is 65.5 Å². The molecule has 4 nitrogen and oxygen atoms in total. The van der Waals surface area contributed by atoms with Gasteiger partial charge in [-0.15, -0.1) is 0 Å². The number of halogens is 2. The quantitative estimate of drug-likeness (QED) is 0.488. The van der Waals surface area contributed by atoms with Crippen LogP contribution in [0.3, 0.4) is 0 Å². The Hall–Kier alpha value is -3.05. The summed E-state index contributed by atoms with van der Waals surface area (Å²) < 4.78 is 15.9. The number of hydrogen-bond donors (Lipinski definition) is 0. The van der Waals surface area contributed by atoms with E-state index in [0.29, 0.717) is 27.2 Å². The molecule has 0 unspecified atom stereocenters. The summed E-state index contributed by atoms with van der Waals surface area (Å²) in [4.78, 5) is 16.8. The van der Waals surface area contributed by atoms with Gasteiger partial charge in [-0.05, 0) is 42.8 Å². The van der Waals surface area contributed by atoms with Crippen LogP contribution in [0.5, 0.6) is 0 Å². The van der Waals surface area contributed by atoms with E-state index < -0.39 is 5.95 Å². The van der Waals surface area contributed by atoms with E-state index in [1.807, 2.05) is 12.1 Å². The molecule has 4 aromatic rings. The molecule has 0 aliphatic rings. The first-order chi connectivity index (χ1) is 13.0. The van der Waals surface area contributed by atoms with Gasteiger partial charge >= 0.3 is 0 Å². The number of rotatable bonds is 3. The summed E-state index contributed by atoms with van der Waals surface area (Å²) in [5.41, 5.74) is 1.88. The predicted octanol–water partition coefficient (Wildman–Crippen LogP) is 4.61. The Morgan fingerprint density at radius 3 is 2.41 bits per heavy atom. The summed E-state index contributed by atoms with van der Waals surface area (Å²) in [5, 5.41) is 6.17. The van der Waals surface area contributed by atoms with Gasteiger partial charge in [0.15, 0.2) is 0 Å². The third-order valence-electron chi connectivity index (χ3n) is 4.36. The van der Waals surface area contributed by atoms with Crippen LogP contribution >= 0.6 is 11.6 Å². The lowest BCUT2D eigenvalue weighted by molar-refractivity contribution is 0.581. The maximum absolute atomic E-state index is 14.5. The lowest BCUT2D eigenvalue weighted by atomic mass is 10.1. The minimum atomic E-state index is -0.607. The van der Waals surface area contributed by atoms with Gasteiger partial charge in [-0.1, -0.05) is 41.9 Å². The Bertz CT molecular complexity index is 1200. The van der Waals surface area contributed by atoms with Gasteiger partial charge in [-0.2, -0.15) is 9.49 Å². The second-order valence-electron chi connectivity index (χ2n) is 6.27. The minimum Gasteiger partial charge on any atom is -0.267 e. The fourth-order valence-corrected chi connectivity index (χ4v) is 3.13. The number of nitrogens with zero attached hydrogens (tertiary/aromatic N) is 3. The zero-order valence-corrected chi connectivity index (χ0v) is 15.2. The third-order valence-corrected chi connectivity index (χ3v) is 4.61. The highest BCUT2D eigenvalue weighted by atomic mass is 35.5. The van der Waals surface area contributed by atoms with Gasteiger partial charge in [0.05, 0.1) is 17.5 Å². The van der Waals surface area contributed by atoms with Crippen LogP contribution in [0.25, 0.3) is 22.0 Å². The number of hydrogen-bond acceptors (Lipinski definition) is 3. The largest absolute Gasteiger partial charge is 0.274 e. The molecule has 6 heteroatoms. The van der Waals surface area contributed by atoms with Crippen LogP contribution in [0.2, 0.25) is 5.02 Å². The highest BCUT2D eigenvalue weighted by molar-refractivity contribution is 6.30. The van der Waals surface area contributed by atoms with Gasteiger partial charge in [0.1, 0.15) is 5.69 Å². The Morgan fingerprint density at radius 2 is 1.70 bits per heavy atom. The summed E-state index contributed by atoms with van der Waals surface area (Å²) >= 11 is 5.93. The molecule has 2 aromatic carbocycles. The molecule has 0 bridgehead atoms. The molecule has 0 N–H and O–H groups in total. The minimum absolute atomic E-state index is 0.232. The molecule has 0 saturated carbocycles. The van der Waals surface area contributed by atoms with Gasteiger partial charge in [-0.25, -0.2) is 9.67 Å². The van der Waals surface area contributed by atoms with Crippen molar-refractivity contribution < 1.29 is 4.39 Å². The molecule has 0 fully saturated rings. The Kier molecular flexibility index (Phi) is 4.46. The van der Waals surface area contributed by atoms with E-state index >= 15 is 0 Å². The Balaban J connectivity index is 1.94. The van der Waals surface area contributed by atoms with Crippen LogP contribution in [-0.2, 0) is 6.54 Å². The fraction of sp³-hybridized carbons (Fsp3) is 0.0952. The Labute approximate surface area is 159 Å². The molecule has 27 heavy (non-hydrogen) atoms. The standard InChI is InChI=1S/C21H15ClFN3O/c1-13-6-11-18(20(23)24-13)19-16-4-2-3-5-17(16)21(27)26(25-19)12-14-7-9-15(22)10-8-14/h2-11H,12H2,1H3. The van der Waals surface area contributed by atoms with Gasteiger partial charge < -0.3 is 0 Å². The monoisotopic (exact) mass is 379 g/mol. The van der Waals surface area contributed by atoms with Crippen LogP contribution in [-0.4, -0.2) is 14.8 Å². The number of fused-ring (bicyclic) bond motifs is 1. The molecule has 0 saturated heterocycles. The molecule has 0 aliphatic heterocycles. The molecule has 0 atom stereocenters. The highest BCUT2D eigenvalue weighted by Crippen LogP contribution is 2.26. The van der Waals surface area contributed by atoms with Crippen molar-refractivity contribution in [3.05, 3.63) is 93.2 Å². The van der Waals surface area contributed by atoms with Crippen LogP contribution in [0.1, 0.15) is 11.3 Å². The second-order valence-corrected chi connectivity index (χ2v) is 6.71. The van der Waals surface area contributed by atoms with E-state index in [2.05, 4.69) is 10.1 Å². The highest BCUT2D eigenvalue weighted by Gasteiger charge is 2.16. The fourth-order valence-electron chi connectivity index (χ4n) is 3.01. The van der Waals surface area contributed by atoms with E-state index in [4.69, 9.17) is 11.6 Å². The van der Waals surface area contributed by atoms with Crippen molar-refractivity contribution >= 4 is 22.4 Å². The molecular formula is C21H15ClFN3O.